The molecule has 34 heavy (non-hydrogen) atoms. The smallest absolute Gasteiger partial charge is 0.255 e. The van der Waals surface area contributed by atoms with Crippen molar-refractivity contribution in [2.24, 2.45) is 0 Å². The second-order valence-corrected chi connectivity index (χ2v) is 8.26. The quantitative estimate of drug-likeness (QED) is 0.517. The first-order valence-corrected chi connectivity index (χ1v) is 11.0. The number of nitrogens with zero attached hydrogens (tertiary/aromatic N) is 1. The Balaban J connectivity index is 1.51. The molecule has 0 aliphatic carbocycles. The molecule has 8 heteroatoms. The summed E-state index contributed by atoms with van der Waals surface area (Å²) < 4.78 is 27.4. The Hall–Kier alpha value is -3.62. The van der Waals surface area contributed by atoms with E-state index in [0.717, 1.165) is 22.8 Å². The van der Waals surface area contributed by atoms with E-state index < -0.39 is 35.6 Å². The fraction of sp³-hybridized carbons (Fsp3) is 0.231. The van der Waals surface area contributed by atoms with Crippen molar-refractivity contribution in [3.05, 3.63) is 89.5 Å². The van der Waals surface area contributed by atoms with Crippen LogP contribution in [0.5, 0.6) is 0 Å². The number of nitrogens with one attached hydrogen (secondary N) is 2. The Bertz CT molecular complexity index is 1230. The standard InChI is InChI=1S/C26H25F2N3O3/c1-15-17-8-3-4-9-18(17)19-10-5-6-13-22(19)31(26(15)34)30-25(33)16(2)29-14-23(32)20-11-7-12-21(27)24(20)28/h3-13,15-16,23,29,32H,14H2,1-2H3,(H,30,33)/t15?,16-,23?/m0/s1. The van der Waals surface area contributed by atoms with Crippen LogP contribution in [0.1, 0.15) is 37.0 Å². The molecule has 0 bridgehead atoms. The largest absolute Gasteiger partial charge is 0.387 e. The Morgan fingerprint density at radius 1 is 1.03 bits per heavy atom. The van der Waals surface area contributed by atoms with Gasteiger partial charge in [-0.2, -0.15) is 0 Å². The molecule has 1 aliphatic heterocycles. The summed E-state index contributed by atoms with van der Waals surface area (Å²) in [6, 6.07) is 17.6. The molecular weight excluding hydrogens is 440 g/mol. The number of carbonyl (C=O) groups is 2. The van der Waals surface area contributed by atoms with Gasteiger partial charge in [-0.25, -0.2) is 13.8 Å². The van der Waals surface area contributed by atoms with Gasteiger partial charge in [-0.1, -0.05) is 54.6 Å². The molecule has 0 spiro atoms. The third-order valence-corrected chi connectivity index (χ3v) is 6.03. The number of halogens is 2. The summed E-state index contributed by atoms with van der Waals surface area (Å²) in [6.07, 6.45) is -1.36. The van der Waals surface area contributed by atoms with Crippen LogP contribution in [0.2, 0.25) is 0 Å². The van der Waals surface area contributed by atoms with Gasteiger partial charge in [0, 0.05) is 17.7 Å². The Labute approximate surface area is 196 Å². The second kappa shape index (κ2) is 9.70. The molecule has 1 heterocycles. The second-order valence-electron chi connectivity index (χ2n) is 8.26. The number of hydrogen-bond acceptors (Lipinski definition) is 4. The topological polar surface area (TPSA) is 81.7 Å². The van der Waals surface area contributed by atoms with E-state index in [9.17, 15) is 23.5 Å². The van der Waals surface area contributed by atoms with Gasteiger partial charge >= 0.3 is 0 Å². The van der Waals surface area contributed by atoms with Gasteiger partial charge in [0.1, 0.15) is 0 Å². The molecule has 0 fully saturated rings. The van der Waals surface area contributed by atoms with E-state index >= 15 is 0 Å². The maximum atomic E-state index is 13.9. The van der Waals surface area contributed by atoms with Crippen molar-refractivity contribution >= 4 is 17.5 Å². The number of benzene rings is 3. The van der Waals surface area contributed by atoms with Crippen LogP contribution in [0.15, 0.2) is 66.7 Å². The van der Waals surface area contributed by atoms with E-state index in [4.69, 9.17) is 0 Å². The first kappa shape index (κ1) is 23.5. The maximum absolute atomic E-state index is 13.9. The number of carbonyl (C=O) groups excluding carboxylic acids is 2. The average Bonchev–Trinajstić information content (AvgIpc) is 2.93. The van der Waals surface area contributed by atoms with Gasteiger partial charge in [-0.3, -0.25) is 15.0 Å². The third-order valence-electron chi connectivity index (χ3n) is 6.03. The SMILES string of the molecule is CC1C(=O)N(NC(=O)[C@H](C)NCC(O)c2cccc(F)c2F)c2ccccc2-c2ccccc21. The lowest BCUT2D eigenvalue weighted by molar-refractivity contribution is -0.127. The summed E-state index contributed by atoms with van der Waals surface area (Å²) in [5.41, 5.74) is 5.62. The number of fused-ring (bicyclic) bond motifs is 3. The van der Waals surface area contributed by atoms with Crippen molar-refractivity contribution in [1.82, 2.24) is 10.7 Å². The van der Waals surface area contributed by atoms with Crippen molar-refractivity contribution < 1.29 is 23.5 Å². The molecular formula is C26H25F2N3O3. The predicted molar refractivity (Wildman–Crippen MR) is 125 cm³/mol. The fourth-order valence-electron chi connectivity index (χ4n) is 4.05. The molecule has 0 aromatic heterocycles. The van der Waals surface area contributed by atoms with Gasteiger partial charge in [0.15, 0.2) is 11.6 Å². The number of anilines is 1. The zero-order valence-corrected chi connectivity index (χ0v) is 18.8. The van der Waals surface area contributed by atoms with Gasteiger partial charge in [-0.15, -0.1) is 0 Å². The van der Waals surface area contributed by atoms with Crippen LogP contribution in [0.4, 0.5) is 14.5 Å². The maximum Gasteiger partial charge on any atom is 0.255 e. The summed E-state index contributed by atoms with van der Waals surface area (Å²) >= 11 is 0. The Morgan fingerprint density at radius 2 is 1.71 bits per heavy atom. The van der Waals surface area contributed by atoms with E-state index in [1.807, 2.05) is 36.4 Å². The summed E-state index contributed by atoms with van der Waals surface area (Å²) in [5, 5.41) is 14.3. The molecule has 2 amide bonds. The highest BCUT2D eigenvalue weighted by atomic mass is 19.2. The van der Waals surface area contributed by atoms with Crippen LogP contribution >= 0.6 is 0 Å². The minimum Gasteiger partial charge on any atom is -0.387 e. The van der Waals surface area contributed by atoms with Crippen LogP contribution in [-0.4, -0.2) is 29.5 Å². The lowest BCUT2D eigenvalue weighted by atomic mass is 9.92. The predicted octanol–water partition coefficient (Wildman–Crippen LogP) is 3.82. The van der Waals surface area contributed by atoms with Crippen LogP contribution in [0, 0.1) is 11.6 Å². The number of hydrogen-bond donors (Lipinski definition) is 3. The van der Waals surface area contributed by atoms with Gasteiger partial charge in [0.25, 0.3) is 11.8 Å². The van der Waals surface area contributed by atoms with E-state index in [-0.39, 0.29) is 18.0 Å². The van der Waals surface area contributed by atoms with Crippen molar-refractivity contribution in [1.29, 1.82) is 0 Å². The monoisotopic (exact) mass is 465 g/mol. The van der Waals surface area contributed by atoms with Crippen LogP contribution < -0.4 is 15.8 Å². The van der Waals surface area contributed by atoms with Gasteiger partial charge in [0.2, 0.25) is 0 Å². The van der Waals surface area contributed by atoms with Gasteiger partial charge < -0.3 is 10.4 Å². The first-order chi connectivity index (χ1) is 16.3. The number of aliphatic hydroxyl groups excluding tert-OH is 1. The van der Waals surface area contributed by atoms with Crippen molar-refractivity contribution in [2.75, 3.05) is 11.6 Å². The molecule has 3 aromatic carbocycles. The molecule has 4 rings (SSSR count). The molecule has 3 atom stereocenters. The molecule has 0 saturated heterocycles. The molecule has 2 unspecified atom stereocenters. The molecule has 3 N–H and O–H groups in total. The van der Waals surface area contributed by atoms with Gasteiger partial charge in [0.05, 0.1) is 23.8 Å². The molecule has 1 aliphatic rings. The Morgan fingerprint density at radius 3 is 2.47 bits per heavy atom. The highest BCUT2D eigenvalue weighted by Crippen LogP contribution is 2.39. The summed E-state index contributed by atoms with van der Waals surface area (Å²) in [7, 11) is 0. The zero-order chi connectivity index (χ0) is 24.4. The minimum absolute atomic E-state index is 0.193. The normalized spacial score (nSPS) is 16.8. The lowest BCUT2D eigenvalue weighted by Gasteiger charge is -2.27. The summed E-state index contributed by atoms with van der Waals surface area (Å²) in [4.78, 5) is 26.3. The van der Waals surface area contributed by atoms with Crippen molar-refractivity contribution in [2.45, 2.75) is 31.9 Å². The number of aliphatic hydroxyl groups is 1. The number of rotatable bonds is 6. The summed E-state index contributed by atoms with van der Waals surface area (Å²) in [5.74, 6) is -3.50. The van der Waals surface area contributed by atoms with E-state index in [1.54, 1.807) is 26.0 Å². The van der Waals surface area contributed by atoms with E-state index in [2.05, 4.69) is 10.7 Å². The fourth-order valence-corrected chi connectivity index (χ4v) is 4.05. The average molecular weight is 466 g/mol. The molecule has 176 valence electrons. The first-order valence-electron chi connectivity index (χ1n) is 11.0. The van der Waals surface area contributed by atoms with Crippen molar-refractivity contribution in [3.8, 4) is 11.1 Å². The molecule has 6 nitrogen and oxygen atoms in total. The van der Waals surface area contributed by atoms with E-state index in [1.165, 1.54) is 17.1 Å². The molecule has 0 radical (unpaired) electrons. The Kier molecular flexibility index (Phi) is 6.72. The minimum atomic E-state index is -1.36. The number of amides is 2. The number of hydrazine groups is 1. The molecule has 0 saturated carbocycles. The van der Waals surface area contributed by atoms with Crippen LogP contribution in [0.3, 0.4) is 0 Å². The van der Waals surface area contributed by atoms with E-state index in [0.29, 0.717) is 5.69 Å². The highest BCUT2D eigenvalue weighted by molar-refractivity contribution is 6.06. The highest BCUT2D eigenvalue weighted by Gasteiger charge is 2.33. The zero-order valence-electron chi connectivity index (χ0n) is 18.8. The van der Waals surface area contributed by atoms with Crippen molar-refractivity contribution in [3.63, 3.8) is 0 Å². The number of para-hydroxylation sites is 1. The molecule has 3 aromatic rings. The van der Waals surface area contributed by atoms with Gasteiger partial charge in [-0.05, 0) is 37.1 Å². The summed E-state index contributed by atoms with van der Waals surface area (Å²) in [6.45, 7) is 3.15. The van der Waals surface area contributed by atoms with Crippen LogP contribution in [-0.2, 0) is 9.59 Å². The lowest BCUT2D eigenvalue weighted by Crippen LogP contribution is -2.53. The van der Waals surface area contributed by atoms with Crippen LogP contribution in [0.25, 0.3) is 11.1 Å². The third kappa shape index (κ3) is 4.42.